The number of carbonyl (C=O) groups is 1. The predicted octanol–water partition coefficient (Wildman–Crippen LogP) is 2.64. The largest absolute Gasteiger partial charge is 0.342 e. The van der Waals surface area contributed by atoms with Gasteiger partial charge in [-0.25, -0.2) is 9.97 Å². The van der Waals surface area contributed by atoms with Crippen LogP contribution in [0.3, 0.4) is 0 Å². The summed E-state index contributed by atoms with van der Waals surface area (Å²) in [7, 11) is 0. The van der Waals surface area contributed by atoms with Gasteiger partial charge in [-0.15, -0.1) is 0 Å². The number of fused-ring (bicyclic) bond motifs is 1. The Kier molecular flexibility index (Phi) is 3.97. The molecule has 1 aliphatic carbocycles. The summed E-state index contributed by atoms with van der Waals surface area (Å²) < 4.78 is 0. The first kappa shape index (κ1) is 14.6. The van der Waals surface area contributed by atoms with Crippen LogP contribution < -0.4 is 0 Å². The molecule has 0 aromatic carbocycles. The second kappa shape index (κ2) is 6.26. The van der Waals surface area contributed by atoms with E-state index in [1.54, 1.807) is 12.4 Å². The summed E-state index contributed by atoms with van der Waals surface area (Å²) in [4.78, 5) is 23.5. The molecule has 6 nitrogen and oxygen atoms in total. The Bertz CT molecular complexity index is 691. The van der Waals surface area contributed by atoms with Gasteiger partial charge in [0.1, 0.15) is 5.52 Å². The Labute approximate surface area is 135 Å². The summed E-state index contributed by atoms with van der Waals surface area (Å²) in [6, 6.07) is 0. The number of nitrogens with zero attached hydrogens (tertiary/aromatic N) is 4. The molecule has 0 radical (unpaired) electrons. The van der Waals surface area contributed by atoms with Gasteiger partial charge >= 0.3 is 0 Å². The van der Waals surface area contributed by atoms with Crippen LogP contribution in [0.15, 0.2) is 12.4 Å². The lowest BCUT2D eigenvalue weighted by Gasteiger charge is -2.35. The van der Waals surface area contributed by atoms with Crippen molar-refractivity contribution in [3.8, 4) is 0 Å². The summed E-state index contributed by atoms with van der Waals surface area (Å²) >= 11 is 0. The van der Waals surface area contributed by atoms with Crippen molar-refractivity contribution in [3.63, 3.8) is 0 Å². The van der Waals surface area contributed by atoms with E-state index < -0.39 is 0 Å². The summed E-state index contributed by atoms with van der Waals surface area (Å²) in [6.07, 6.45) is 11.3. The SMILES string of the molecule is O=C(C1CCCCC1)N1CCCC(c2[nH]nc3nccnc23)C1. The molecule has 0 spiro atoms. The third-order valence-corrected chi connectivity index (χ3v) is 5.31. The molecule has 4 rings (SSSR count). The van der Waals surface area contributed by atoms with E-state index in [1.165, 1.54) is 19.3 Å². The second-order valence-electron chi connectivity index (χ2n) is 6.82. The molecule has 6 heteroatoms. The molecular formula is C17H23N5O. The highest BCUT2D eigenvalue weighted by molar-refractivity contribution is 5.79. The van der Waals surface area contributed by atoms with Crippen LogP contribution in [0.25, 0.3) is 11.2 Å². The molecule has 1 aliphatic heterocycles. The molecule has 1 saturated heterocycles. The summed E-state index contributed by atoms with van der Waals surface area (Å²) in [5.74, 6) is 0.906. The van der Waals surface area contributed by atoms with Crippen molar-refractivity contribution in [1.82, 2.24) is 25.1 Å². The first-order valence-corrected chi connectivity index (χ1v) is 8.76. The van der Waals surface area contributed by atoms with E-state index in [0.29, 0.717) is 11.6 Å². The summed E-state index contributed by atoms with van der Waals surface area (Å²) in [5.41, 5.74) is 2.55. The minimum atomic E-state index is 0.251. The first-order valence-electron chi connectivity index (χ1n) is 8.76. The maximum absolute atomic E-state index is 12.8. The van der Waals surface area contributed by atoms with Gasteiger partial charge in [-0.05, 0) is 25.7 Å². The standard InChI is InChI=1S/C17H23N5O/c23-17(12-5-2-1-3-6-12)22-10-4-7-13(11-22)14-15-16(21-20-14)19-9-8-18-15/h8-9,12-13H,1-7,10-11H2,(H,19,20,21). The van der Waals surface area contributed by atoms with Gasteiger partial charge in [-0.2, -0.15) is 5.10 Å². The van der Waals surface area contributed by atoms with Crippen molar-refractivity contribution >= 4 is 17.1 Å². The molecule has 1 atom stereocenters. The van der Waals surface area contributed by atoms with Gasteiger partial charge in [-0.3, -0.25) is 9.89 Å². The lowest BCUT2D eigenvalue weighted by atomic mass is 9.86. The van der Waals surface area contributed by atoms with E-state index in [9.17, 15) is 4.79 Å². The van der Waals surface area contributed by atoms with Gasteiger partial charge in [0.15, 0.2) is 5.65 Å². The van der Waals surface area contributed by atoms with E-state index in [4.69, 9.17) is 0 Å². The number of hydrogen-bond donors (Lipinski definition) is 1. The molecule has 3 heterocycles. The minimum Gasteiger partial charge on any atom is -0.342 e. The number of aromatic nitrogens is 4. The van der Waals surface area contributed by atoms with Crippen LogP contribution in [0.2, 0.25) is 0 Å². The Morgan fingerprint density at radius 1 is 1.09 bits per heavy atom. The first-order chi connectivity index (χ1) is 11.3. The number of H-pyrrole nitrogens is 1. The molecule has 2 fully saturated rings. The number of amides is 1. The van der Waals surface area contributed by atoms with E-state index in [-0.39, 0.29) is 11.8 Å². The number of piperidine rings is 1. The molecule has 2 aliphatic rings. The van der Waals surface area contributed by atoms with Crippen LogP contribution >= 0.6 is 0 Å². The van der Waals surface area contributed by atoms with Gasteiger partial charge in [0.2, 0.25) is 5.91 Å². The maximum Gasteiger partial charge on any atom is 0.225 e. The smallest absolute Gasteiger partial charge is 0.225 e. The second-order valence-corrected chi connectivity index (χ2v) is 6.82. The van der Waals surface area contributed by atoms with Crippen LogP contribution in [0.5, 0.6) is 0 Å². The number of nitrogens with one attached hydrogen (secondary N) is 1. The quantitative estimate of drug-likeness (QED) is 0.925. The molecule has 1 amide bonds. The van der Waals surface area contributed by atoms with Gasteiger partial charge in [0.25, 0.3) is 0 Å². The average molecular weight is 313 g/mol. The number of likely N-dealkylation sites (tertiary alicyclic amines) is 1. The lowest BCUT2D eigenvalue weighted by Crippen LogP contribution is -2.43. The third-order valence-electron chi connectivity index (χ3n) is 5.31. The third kappa shape index (κ3) is 2.82. The Balaban J connectivity index is 1.51. The Morgan fingerprint density at radius 3 is 2.78 bits per heavy atom. The van der Waals surface area contributed by atoms with Crippen LogP contribution in [-0.2, 0) is 4.79 Å². The molecule has 2 aromatic rings. The fourth-order valence-electron chi connectivity index (χ4n) is 4.07. The zero-order valence-corrected chi connectivity index (χ0v) is 13.4. The average Bonchev–Trinajstić information content (AvgIpc) is 3.06. The zero-order chi connectivity index (χ0) is 15.6. The molecule has 1 saturated carbocycles. The van der Waals surface area contributed by atoms with Crippen molar-refractivity contribution in [1.29, 1.82) is 0 Å². The van der Waals surface area contributed by atoms with Crippen molar-refractivity contribution < 1.29 is 4.79 Å². The van der Waals surface area contributed by atoms with Crippen molar-refractivity contribution in [3.05, 3.63) is 18.1 Å². The van der Waals surface area contributed by atoms with Gasteiger partial charge in [0, 0.05) is 37.3 Å². The number of rotatable bonds is 2. The molecule has 0 bridgehead atoms. The maximum atomic E-state index is 12.8. The summed E-state index contributed by atoms with van der Waals surface area (Å²) in [6.45, 7) is 1.67. The fourth-order valence-corrected chi connectivity index (χ4v) is 4.07. The van der Waals surface area contributed by atoms with Crippen LogP contribution in [0.1, 0.15) is 56.6 Å². The van der Waals surface area contributed by atoms with Crippen LogP contribution in [0.4, 0.5) is 0 Å². The fraction of sp³-hybridized carbons (Fsp3) is 0.647. The van der Waals surface area contributed by atoms with Gasteiger partial charge in [0.05, 0.1) is 5.69 Å². The van der Waals surface area contributed by atoms with E-state index in [0.717, 1.165) is 50.0 Å². The number of carbonyl (C=O) groups excluding carboxylic acids is 1. The minimum absolute atomic E-state index is 0.251. The summed E-state index contributed by atoms with van der Waals surface area (Å²) in [5, 5.41) is 7.36. The molecule has 122 valence electrons. The Morgan fingerprint density at radius 2 is 1.91 bits per heavy atom. The van der Waals surface area contributed by atoms with Crippen molar-refractivity contribution in [2.24, 2.45) is 5.92 Å². The monoisotopic (exact) mass is 313 g/mol. The molecule has 2 aromatic heterocycles. The van der Waals surface area contributed by atoms with Crippen molar-refractivity contribution in [2.45, 2.75) is 50.9 Å². The zero-order valence-electron chi connectivity index (χ0n) is 13.4. The van der Waals surface area contributed by atoms with E-state index >= 15 is 0 Å². The normalized spacial score (nSPS) is 23.3. The van der Waals surface area contributed by atoms with Crippen LogP contribution in [-0.4, -0.2) is 44.1 Å². The highest BCUT2D eigenvalue weighted by atomic mass is 16.2. The van der Waals surface area contributed by atoms with Gasteiger partial charge in [-0.1, -0.05) is 19.3 Å². The molecule has 1 unspecified atom stereocenters. The van der Waals surface area contributed by atoms with Crippen LogP contribution in [0, 0.1) is 5.92 Å². The Hall–Kier alpha value is -1.98. The topological polar surface area (TPSA) is 74.8 Å². The number of aromatic amines is 1. The number of hydrogen-bond acceptors (Lipinski definition) is 4. The van der Waals surface area contributed by atoms with Crippen molar-refractivity contribution in [2.75, 3.05) is 13.1 Å². The van der Waals surface area contributed by atoms with E-state index in [2.05, 4.69) is 25.1 Å². The lowest BCUT2D eigenvalue weighted by molar-refractivity contribution is -0.137. The molecular weight excluding hydrogens is 290 g/mol. The molecule has 1 N–H and O–H groups in total. The van der Waals surface area contributed by atoms with Gasteiger partial charge < -0.3 is 4.90 Å². The predicted molar refractivity (Wildman–Crippen MR) is 86.8 cm³/mol. The highest BCUT2D eigenvalue weighted by Crippen LogP contribution is 2.32. The molecule has 23 heavy (non-hydrogen) atoms. The highest BCUT2D eigenvalue weighted by Gasteiger charge is 2.31. The van der Waals surface area contributed by atoms with E-state index in [1.807, 2.05) is 0 Å².